The molecule has 2 aliphatic heterocycles. The van der Waals surface area contributed by atoms with Gasteiger partial charge in [-0.05, 0) is 38.1 Å². The normalized spacial score (nSPS) is 31.5. The third-order valence-corrected chi connectivity index (χ3v) is 5.50. The van der Waals surface area contributed by atoms with Gasteiger partial charge >= 0.3 is 0 Å². The Hall–Kier alpha value is -1.03. The molecule has 4 rings (SSSR count). The summed E-state index contributed by atoms with van der Waals surface area (Å²) in [6, 6.07) is 1.39. The van der Waals surface area contributed by atoms with Crippen molar-refractivity contribution in [3.63, 3.8) is 0 Å². The van der Waals surface area contributed by atoms with Gasteiger partial charge < -0.3 is 14.8 Å². The van der Waals surface area contributed by atoms with Crippen molar-refractivity contribution < 1.29 is 0 Å². The lowest BCUT2D eigenvalue weighted by Crippen LogP contribution is -2.40. The SMILES string of the molecule is c1cn(C2CCCCC2)c(N2CC3CCCNC3C2)n1. The second-order valence-electron chi connectivity index (χ2n) is 6.79. The lowest BCUT2D eigenvalue weighted by molar-refractivity contribution is 0.339. The van der Waals surface area contributed by atoms with Crippen LogP contribution in [0.3, 0.4) is 0 Å². The van der Waals surface area contributed by atoms with Gasteiger partial charge in [-0.25, -0.2) is 4.98 Å². The van der Waals surface area contributed by atoms with Crippen molar-refractivity contribution in [2.75, 3.05) is 24.5 Å². The van der Waals surface area contributed by atoms with E-state index in [9.17, 15) is 0 Å². The highest BCUT2D eigenvalue weighted by atomic mass is 15.3. The monoisotopic (exact) mass is 274 g/mol. The topological polar surface area (TPSA) is 33.1 Å². The molecule has 0 radical (unpaired) electrons. The van der Waals surface area contributed by atoms with Gasteiger partial charge in [0.15, 0.2) is 0 Å². The Morgan fingerprint density at radius 1 is 1.05 bits per heavy atom. The van der Waals surface area contributed by atoms with Crippen molar-refractivity contribution in [1.82, 2.24) is 14.9 Å². The van der Waals surface area contributed by atoms with E-state index in [2.05, 4.69) is 21.0 Å². The van der Waals surface area contributed by atoms with E-state index in [1.165, 1.54) is 64.0 Å². The van der Waals surface area contributed by atoms with Crippen molar-refractivity contribution in [1.29, 1.82) is 0 Å². The van der Waals surface area contributed by atoms with E-state index in [1.54, 1.807) is 0 Å². The summed E-state index contributed by atoms with van der Waals surface area (Å²) in [4.78, 5) is 7.22. The summed E-state index contributed by atoms with van der Waals surface area (Å²) >= 11 is 0. The maximum Gasteiger partial charge on any atom is 0.205 e. The predicted molar refractivity (Wildman–Crippen MR) is 81.1 cm³/mol. The highest BCUT2D eigenvalue weighted by Crippen LogP contribution is 2.34. The zero-order valence-corrected chi connectivity index (χ0v) is 12.3. The van der Waals surface area contributed by atoms with Gasteiger partial charge in [-0.3, -0.25) is 0 Å². The molecule has 0 aromatic carbocycles. The molecule has 20 heavy (non-hydrogen) atoms. The fraction of sp³-hybridized carbons (Fsp3) is 0.812. The van der Waals surface area contributed by atoms with Crippen LogP contribution in [0.1, 0.15) is 51.0 Å². The van der Waals surface area contributed by atoms with Crippen LogP contribution < -0.4 is 10.2 Å². The van der Waals surface area contributed by atoms with Crippen LogP contribution in [-0.4, -0.2) is 35.2 Å². The van der Waals surface area contributed by atoms with Crippen LogP contribution in [-0.2, 0) is 0 Å². The Bertz CT molecular complexity index is 435. The van der Waals surface area contributed by atoms with Crippen LogP contribution >= 0.6 is 0 Å². The molecule has 0 spiro atoms. The number of hydrogen-bond donors (Lipinski definition) is 1. The molecule has 110 valence electrons. The molecule has 1 N–H and O–H groups in total. The van der Waals surface area contributed by atoms with Gasteiger partial charge in [-0.15, -0.1) is 0 Å². The second kappa shape index (κ2) is 5.40. The van der Waals surface area contributed by atoms with Crippen molar-refractivity contribution in [2.24, 2.45) is 5.92 Å². The van der Waals surface area contributed by atoms with Crippen LogP contribution in [0.25, 0.3) is 0 Å². The van der Waals surface area contributed by atoms with E-state index < -0.39 is 0 Å². The standard InChI is InChI=1S/C16H26N4/c1-2-6-14(7-3-1)20-10-9-18-16(20)19-11-13-5-4-8-17-15(13)12-19/h9-10,13-15,17H,1-8,11-12H2. The molecule has 4 heteroatoms. The maximum absolute atomic E-state index is 4.69. The van der Waals surface area contributed by atoms with Crippen LogP contribution in [0.2, 0.25) is 0 Å². The van der Waals surface area contributed by atoms with Gasteiger partial charge in [-0.2, -0.15) is 0 Å². The number of hydrogen-bond acceptors (Lipinski definition) is 3. The van der Waals surface area contributed by atoms with Crippen molar-refractivity contribution in [3.8, 4) is 0 Å². The molecule has 2 unspecified atom stereocenters. The predicted octanol–water partition coefficient (Wildman–Crippen LogP) is 2.58. The van der Waals surface area contributed by atoms with Gasteiger partial charge in [0.25, 0.3) is 0 Å². The van der Waals surface area contributed by atoms with Crippen molar-refractivity contribution in [3.05, 3.63) is 12.4 Å². The molecule has 1 aliphatic carbocycles. The summed E-state index contributed by atoms with van der Waals surface area (Å²) in [7, 11) is 0. The van der Waals surface area contributed by atoms with E-state index >= 15 is 0 Å². The molecule has 1 saturated carbocycles. The smallest absolute Gasteiger partial charge is 0.205 e. The van der Waals surface area contributed by atoms with Gasteiger partial charge in [0.05, 0.1) is 0 Å². The number of aromatic nitrogens is 2. The summed E-state index contributed by atoms with van der Waals surface area (Å²) in [6.07, 6.45) is 13.8. The Morgan fingerprint density at radius 3 is 2.80 bits per heavy atom. The van der Waals surface area contributed by atoms with Crippen LogP contribution in [0, 0.1) is 5.92 Å². The average molecular weight is 274 g/mol. The highest BCUT2D eigenvalue weighted by molar-refractivity contribution is 5.35. The molecule has 1 aromatic heterocycles. The Labute approximate surface area is 121 Å². The Kier molecular flexibility index (Phi) is 3.42. The average Bonchev–Trinajstić information content (AvgIpc) is 3.14. The van der Waals surface area contributed by atoms with E-state index in [-0.39, 0.29) is 0 Å². The lowest BCUT2D eigenvalue weighted by atomic mass is 9.94. The summed E-state index contributed by atoms with van der Waals surface area (Å²) in [5.74, 6) is 2.06. The Balaban J connectivity index is 1.52. The molecule has 3 fully saturated rings. The fourth-order valence-electron chi connectivity index (χ4n) is 4.40. The zero-order valence-electron chi connectivity index (χ0n) is 12.3. The third-order valence-electron chi connectivity index (χ3n) is 5.50. The zero-order chi connectivity index (χ0) is 13.4. The molecule has 2 saturated heterocycles. The number of nitrogens with one attached hydrogen (secondary N) is 1. The van der Waals surface area contributed by atoms with Crippen LogP contribution in [0.5, 0.6) is 0 Å². The number of fused-ring (bicyclic) bond motifs is 1. The number of anilines is 1. The van der Waals surface area contributed by atoms with E-state index in [0.29, 0.717) is 12.1 Å². The number of rotatable bonds is 2. The van der Waals surface area contributed by atoms with Gasteiger partial charge in [-0.1, -0.05) is 19.3 Å². The van der Waals surface area contributed by atoms with Crippen molar-refractivity contribution >= 4 is 5.95 Å². The third kappa shape index (κ3) is 2.24. The first kappa shape index (κ1) is 12.7. The molecule has 2 atom stereocenters. The molecule has 3 aliphatic rings. The van der Waals surface area contributed by atoms with Gasteiger partial charge in [0, 0.05) is 37.6 Å². The minimum absolute atomic E-state index is 0.692. The maximum atomic E-state index is 4.69. The van der Waals surface area contributed by atoms with E-state index in [1.807, 2.05) is 6.20 Å². The first-order valence-electron chi connectivity index (χ1n) is 8.43. The van der Waals surface area contributed by atoms with Crippen molar-refractivity contribution in [2.45, 2.75) is 57.0 Å². The fourth-order valence-corrected chi connectivity index (χ4v) is 4.40. The summed E-state index contributed by atoms with van der Waals surface area (Å²) in [5.41, 5.74) is 0. The van der Waals surface area contributed by atoms with E-state index in [0.717, 1.165) is 12.5 Å². The highest BCUT2D eigenvalue weighted by Gasteiger charge is 2.36. The molecule has 0 bridgehead atoms. The molecule has 1 aromatic rings. The molecule has 4 nitrogen and oxygen atoms in total. The lowest BCUT2D eigenvalue weighted by Gasteiger charge is -2.27. The van der Waals surface area contributed by atoms with Crippen LogP contribution in [0.15, 0.2) is 12.4 Å². The first-order valence-corrected chi connectivity index (χ1v) is 8.43. The number of imidazole rings is 1. The molecular weight excluding hydrogens is 248 g/mol. The summed E-state index contributed by atoms with van der Waals surface area (Å²) < 4.78 is 2.47. The van der Waals surface area contributed by atoms with Crippen LogP contribution in [0.4, 0.5) is 5.95 Å². The van der Waals surface area contributed by atoms with Gasteiger partial charge in [0.1, 0.15) is 0 Å². The summed E-state index contributed by atoms with van der Waals surface area (Å²) in [6.45, 7) is 3.54. The Morgan fingerprint density at radius 2 is 1.95 bits per heavy atom. The van der Waals surface area contributed by atoms with E-state index in [4.69, 9.17) is 4.98 Å². The minimum atomic E-state index is 0.692. The molecule has 3 heterocycles. The molecular formula is C16H26N4. The largest absolute Gasteiger partial charge is 0.340 e. The second-order valence-corrected chi connectivity index (χ2v) is 6.79. The van der Waals surface area contributed by atoms with Gasteiger partial charge in [0.2, 0.25) is 5.95 Å². The summed E-state index contributed by atoms with van der Waals surface area (Å²) in [5, 5.41) is 3.69. The molecule has 0 amide bonds. The number of nitrogens with zero attached hydrogens (tertiary/aromatic N) is 3. The number of piperidine rings is 1. The minimum Gasteiger partial charge on any atom is -0.340 e. The first-order chi connectivity index (χ1) is 9.92. The quantitative estimate of drug-likeness (QED) is 0.900.